The topological polar surface area (TPSA) is 30.5 Å². The van der Waals surface area contributed by atoms with Gasteiger partial charge in [-0.25, -0.2) is 0 Å². The highest BCUT2D eigenvalue weighted by Gasteiger charge is 2.48. The molecule has 1 aliphatic carbocycles. The summed E-state index contributed by atoms with van der Waals surface area (Å²) < 4.78 is 10.8. The fraction of sp³-hybridized carbons (Fsp3) is 1.00. The molecule has 3 heteroatoms. The van der Waals surface area contributed by atoms with Crippen LogP contribution in [0.3, 0.4) is 0 Å². The molecular weight excluding hydrogens is 190 g/mol. The Kier molecular flexibility index (Phi) is 5.03. The largest absolute Gasteiger partial charge is 0.382 e. The molecule has 2 unspecified atom stereocenters. The minimum Gasteiger partial charge on any atom is -0.382 e. The maximum atomic E-state index is 5.78. The first-order chi connectivity index (χ1) is 7.12. The summed E-state index contributed by atoms with van der Waals surface area (Å²) in [7, 11) is 1.71. The zero-order chi connectivity index (χ0) is 11.3. The van der Waals surface area contributed by atoms with Crippen molar-refractivity contribution < 1.29 is 9.47 Å². The quantitative estimate of drug-likeness (QED) is 0.657. The van der Waals surface area contributed by atoms with Crippen LogP contribution in [0, 0.1) is 5.41 Å². The van der Waals surface area contributed by atoms with Crippen molar-refractivity contribution in [2.45, 2.75) is 45.8 Å². The Bertz CT molecular complexity index is 182. The van der Waals surface area contributed by atoms with Gasteiger partial charge in [0.25, 0.3) is 0 Å². The molecule has 2 atom stereocenters. The summed E-state index contributed by atoms with van der Waals surface area (Å²) in [5, 5.41) is 3.57. The number of nitrogens with one attached hydrogen (secondary N) is 1. The van der Waals surface area contributed by atoms with Crippen LogP contribution in [0.2, 0.25) is 0 Å². The van der Waals surface area contributed by atoms with Crippen LogP contribution in [0.1, 0.15) is 33.6 Å². The Morgan fingerprint density at radius 1 is 1.33 bits per heavy atom. The monoisotopic (exact) mass is 215 g/mol. The lowest BCUT2D eigenvalue weighted by Gasteiger charge is -2.52. The maximum Gasteiger partial charge on any atom is 0.0704 e. The SMILES string of the molecule is CCCNC1CC(OCCOC)C1(C)C. The highest BCUT2D eigenvalue weighted by Crippen LogP contribution is 2.42. The molecule has 0 aromatic heterocycles. The summed E-state index contributed by atoms with van der Waals surface area (Å²) in [6.07, 6.45) is 2.72. The smallest absolute Gasteiger partial charge is 0.0704 e. The van der Waals surface area contributed by atoms with Crippen molar-refractivity contribution in [2.75, 3.05) is 26.9 Å². The fourth-order valence-electron chi connectivity index (χ4n) is 2.11. The highest BCUT2D eigenvalue weighted by atomic mass is 16.5. The third-order valence-corrected chi connectivity index (χ3v) is 3.42. The molecule has 0 radical (unpaired) electrons. The van der Waals surface area contributed by atoms with Crippen molar-refractivity contribution in [2.24, 2.45) is 5.41 Å². The molecule has 90 valence electrons. The van der Waals surface area contributed by atoms with Gasteiger partial charge in [0.2, 0.25) is 0 Å². The van der Waals surface area contributed by atoms with Gasteiger partial charge in [0.15, 0.2) is 0 Å². The van der Waals surface area contributed by atoms with Gasteiger partial charge in [-0.2, -0.15) is 0 Å². The van der Waals surface area contributed by atoms with Gasteiger partial charge in [0, 0.05) is 18.6 Å². The minimum atomic E-state index is 0.267. The summed E-state index contributed by atoms with van der Waals surface area (Å²) in [4.78, 5) is 0. The molecule has 1 saturated carbocycles. The zero-order valence-electron chi connectivity index (χ0n) is 10.5. The van der Waals surface area contributed by atoms with Crippen LogP contribution in [0.5, 0.6) is 0 Å². The van der Waals surface area contributed by atoms with Crippen molar-refractivity contribution in [3.63, 3.8) is 0 Å². The van der Waals surface area contributed by atoms with Crippen molar-refractivity contribution in [1.29, 1.82) is 0 Å². The first-order valence-corrected chi connectivity index (χ1v) is 5.96. The molecule has 1 N–H and O–H groups in total. The van der Waals surface area contributed by atoms with Gasteiger partial charge in [-0.05, 0) is 19.4 Å². The van der Waals surface area contributed by atoms with E-state index in [2.05, 4.69) is 26.1 Å². The Balaban J connectivity index is 2.22. The van der Waals surface area contributed by atoms with E-state index in [0.29, 0.717) is 25.4 Å². The number of rotatable bonds is 7. The van der Waals surface area contributed by atoms with E-state index in [4.69, 9.17) is 9.47 Å². The van der Waals surface area contributed by atoms with E-state index >= 15 is 0 Å². The van der Waals surface area contributed by atoms with Gasteiger partial charge < -0.3 is 14.8 Å². The summed E-state index contributed by atoms with van der Waals surface area (Å²) >= 11 is 0. The molecule has 1 aliphatic rings. The summed E-state index contributed by atoms with van der Waals surface area (Å²) in [5.41, 5.74) is 0.267. The van der Waals surface area contributed by atoms with Crippen molar-refractivity contribution in [3.8, 4) is 0 Å². The normalized spacial score (nSPS) is 28.8. The first-order valence-electron chi connectivity index (χ1n) is 5.96. The minimum absolute atomic E-state index is 0.267. The van der Waals surface area contributed by atoms with E-state index in [1.54, 1.807) is 7.11 Å². The van der Waals surface area contributed by atoms with E-state index in [9.17, 15) is 0 Å². The third kappa shape index (κ3) is 3.16. The lowest BCUT2D eigenvalue weighted by Crippen LogP contribution is -2.61. The van der Waals surface area contributed by atoms with Crippen LogP contribution in [0.25, 0.3) is 0 Å². The van der Waals surface area contributed by atoms with Gasteiger partial charge in [-0.15, -0.1) is 0 Å². The van der Waals surface area contributed by atoms with Crippen molar-refractivity contribution in [3.05, 3.63) is 0 Å². The van der Waals surface area contributed by atoms with Crippen LogP contribution < -0.4 is 5.32 Å². The Morgan fingerprint density at radius 3 is 2.60 bits per heavy atom. The average Bonchev–Trinajstić information content (AvgIpc) is 2.21. The molecule has 0 spiro atoms. The van der Waals surface area contributed by atoms with Crippen molar-refractivity contribution in [1.82, 2.24) is 5.32 Å². The number of hydrogen-bond acceptors (Lipinski definition) is 3. The van der Waals surface area contributed by atoms with Crippen LogP contribution in [-0.4, -0.2) is 39.0 Å². The molecule has 0 aromatic rings. The highest BCUT2D eigenvalue weighted by molar-refractivity contribution is 5.02. The Hall–Kier alpha value is -0.120. The number of hydrogen-bond donors (Lipinski definition) is 1. The summed E-state index contributed by atoms with van der Waals surface area (Å²) in [6.45, 7) is 9.28. The van der Waals surface area contributed by atoms with E-state index in [1.165, 1.54) is 6.42 Å². The average molecular weight is 215 g/mol. The van der Waals surface area contributed by atoms with Gasteiger partial charge in [-0.3, -0.25) is 0 Å². The molecule has 15 heavy (non-hydrogen) atoms. The van der Waals surface area contributed by atoms with Crippen LogP contribution in [0.15, 0.2) is 0 Å². The fourth-order valence-corrected chi connectivity index (χ4v) is 2.11. The number of ether oxygens (including phenoxy) is 2. The lowest BCUT2D eigenvalue weighted by molar-refractivity contribution is -0.125. The molecule has 1 rings (SSSR count). The molecule has 0 amide bonds. The first kappa shape index (κ1) is 12.9. The van der Waals surface area contributed by atoms with Gasteiger partial charge in [-0.1, -0.05) is 20.8 Å². The molecule has 3 nitrogen and oxygen atoms in total. The second-order valence-corrected chi connectivity index (χ2v) is 4.92. The van der Waals surface area contributed by atoms with E-state index in [0.717, 1.165) is 13.0 Å². The van der Waals surface area contributed by atoms with Crippen LogP contribution in [0.4, 0.5) is 0 Å². The summed E-state index contributed by atoms with van der Waals surface area (Å²) in [6, 6.07) is 0.616. The molecule has 0 aliphatic heterocycles. The molecule has 0 bridgehead atoms. The Labute approximate surface area is 93.5 Å². The Morgan fingerprint density at radius 2 is 2.07 bits per heavy atom. The molecule has 1 fully saturated rings. The lowest BCUT2D eigenvalue weighted by atomic mass is 9.64. The summed E-state index contributed by atoms with van der Waals surface area (Å²) in [5.74, 6) is 0. The van der Waals surface area contributed by atoms with Gasteiger partial charge in [0.05, 0.1) is 19.3 Å². The van der Waals surface area contributed by atoms with Gasteiger partial charge >= 0.3 is 0 Å². The molecule has 0 aromatic carbocycles. The zero-order valence-corrected chi connectivity index (χ0v) is 10.5. The van der Waals surface area contributed by atoms with E-state index < -0.39 is 0 Å². The second kappa shape index (κ2) is 5.83. The predicted octanol–water partition coefficient (Wildman–Crippen LogP) is 1.82. The molecule has 0 saturated heterocycles. The maximum absolute atomic E-state index is 5.78. The van der Waals surface area contributed by atoms with E-state index in [-0.39, 0.29) is 5.41 Å². The predicted molar refractivity (Wildman–Crippen MR) is 62.1 cm³/mol. The standard InChI is InChI=1S/C12H25NO2/c1-5-6-13-10-9-11(12(10,2)3)15-8-7-14-4/h10-11,13H,5-9H2,1-4H3. The molecule has 0 heterocycles. The van der Waals surface area contributed by atoms with Crippen LogP contribution in [-0.2, 0) is 9.47 Å². The van der Waals surface area contributed by atoms with Gasteiger partial charge in [0.1, 0.15) is 0 Å². The van der Waals surface area contributed by atoms with Crippen LogP contribution >= 0.6 is 0 Å². The van der Waals surface area contributed by atoms with Crippen molar-refractivity contribution >= 4 is 0 Å². The third-order valence-electron chi connectivity index (χ3n) is 3.42. The second-order valence-electron chi connectivity index (χ2n) is 4.92. The molecular formula is C12H25NO2. The van der Waals surface area contributed by atoms with E-state index in [1.807, 2.05) is 0 Å². The number of methoxy groups -OCH3 is 1.